The van der Waals surface area contributed by atoms with Crippen molar-refractivity contribution in [2.45, 2.75) is 43.9 Å². The molecule has 1 nitrogen and oxygen atoms in total. The molecule has 6 aromatic carbocycles. The first-order valence-corrected chi connectivity index (χ1v) is 19.3. The van der Waals surface area contributed by atoms with Crippen molar-refractivity contribution in [1.82, 2.24) is 0 Å². The number of nitrogens with zero attached hydrogens (tertiary/aromatic N) is 1. The Morgan fingerprint density at radius 3 is 1.87 bits per heavy atom. The zero-order valence-corrected chi connectivity index (χ0v) is 30.3. The van der Waals surface area contributed by atoms with Crippen LogP contribution in [0.3, 0.4) is 0 Å². The van der Waals surface area contributed by atoms with Gasteiger partial charge in [-0.2, -0.15) is 0 Å². The fourth-order valence-corrected chi connectivity index (χ4v) is 10.6. The van der Waals surface area contributed by atoms with E-state index >= 15 is 0 Å². The summed E-state index contributed by atoms with van der Waals surface area (Å²) < 4.78 is 0. The Balaban J connectivity index is 1.16. The highest BCUT2D eigenvalue weighted by Gasteiger charge is 2.56. The molecule has 53 heavy (non-hydrogen) atoms. The molecule has 0 saturated heterocycles. The third-order valence-electron chi connectivity index (χ3n) is 12.9. The van der Waals surface area contributed by atoms with Crippen LogP contribution in [-0.2, 0) is 10.8 Å². The maximum Gasteiger partial charge on any atom is 0.0541 e. The van der Waals surface area contributed by atoms with Crippen molar-refractivity contribution in [3.05, 3.63) is 209 Å². The van der Waals surface area contributed by atoms with Crippen LogP contribution in [0.15, 0.2) is 170 Å². The molecular weight excluding hydrogens is 639 g/mol. The Labute approximate surface area is 313 Å². The summed E-state index contributed by atoms with van der Waals surface area (Å²) in [6.07, 6.45) is 17.2. The summed E-state index contributed by atoms with van der Waals surface area (Å²) >= 11 is 0. The molecule has 5 aliphatic carbocycles. The minimum absolute atomic E-state index is 0.0956. The van der Waals surface area contributed by atoms with Crippen molar-refractivity contribution in [3.8, 4) is 22.3 Å². The van der Waals surface area contributed by atoms with Crippen molar-refractivity contribution in [2.75, 3.05) is 4.90 Å². The molecule has 254 valence electrons. The molecule has 1 spiro atoms. The zero-order valence-electron chi connectivity index (χ0n) is 30.3. The van der Waals surface area contributed by atoms with Crippen LogP contribution in [0, 0.1) is 5.92 Å². The van der Waals surface area contributed by atoms with Gasteiger partial charge in [-0.05, 0) is 128 Å². The van der Waals surface area contributed by atoms with E-state index in [2.05, 4.69) is 189 Å². The summed E-state index contributed by atoms with van der Waals surface area (Å²) in [5.74, 6) is 0.337. The van der Waals surface area contributed by atoms with E-state index in [-0.39, 0.29) is 10.8 Å². The molecule has 1 unspecified atom stereocenters. The molecule has 0 heterocycles. The summed E-state index contributed by atoms with van der Waals surface area (Å²) in [6.45, 7) is 4.76. The summed E-state index contributed by atoms with van der Waals surface area (Å²) in [5.41, 5.74) is 21.1. The Morgan fingerprint density at radius 2 is 1.15 bits per heavy atom. The number of allylic oxidation sites excluding steroid dienone is 8. The minimum Gasteiger partial charge on any atom is -0.310 e. The maximum atomic E-state index is 2.55. The normalized spacial score (nSPS) is 18.7. The van der Waals surface area contributed by atoms with Crippen LogP contribution in [0.5, 0.6) is 0 Å². The molecule has 0 radical (unpaired) electrons. The molecule has 1 atom stereocenters. The summed E-state index contributed by atoms with van der Waals surface area (Å²) in [7, 11) is 0. The highest BCUT2D eigenvalue weighted by atomic mass is 15.1. The third kappa shape index (κ3) is 4.20. The first-order valence-electron chi connectivity index (χ1n) is 19.3. The van der Waals surface area contributed by atoms with Crippen molar-refractivity contribution >= 4 is 28.2 Å². The van der Waals surface area contributed by atoms with Crippen LogP contribution in [-0.4, -0.2) is 0 Å². The molecule has 0 bridgehead atoms. The first kappa shape index (κ1) is 30.7. The molecular formula is C52H41N. The molecule has 11 rings (SSSR count). The van der Waals surface area contributed by atoms with Crippen LogP contribution in [0.2, 0.25) is 0 Å². The average molecular weight is 680 g/mol. The molecule has 0 aromatic heterocycles. The fourth-order valence-electron chi connectivity index (χ4n) is 10.6. The van der Waals surface area contributed by atoms with E-state index < -0.39 is 0 Å². The van der Waals surface area contributed by atoms with Crippen LogP contribution in [0.4, 0.5) is 17.1 Å². The van der Waals surface area contributed by atoms with Gasteiger partial charge in [-0.25, -0.2) is 0 Å². The minimum atomic E-state index is -0.262. The summed E-state index contributed by atoms with van der Waals surface area (Å²) in [6, 6.07) is 51.0. The van der Waals surface area contributed by atoms with Gasteiger partial charge in [-0.1, -0.05) is 147 Å². The standard InChI is InChI=1S/C52H41N/c1-51(2)45-23-10-6-19-39(45)43-29-27-37(32-49(43)51)53(36-18-14-17-35(31-36)34-15-4-3-5-16-34)38-28-30-44-42-22-9-13-26-48(42)52(50(44)33-38)46-24-11-7-20-40(46)41-21-8-12-25-47(41)52/h4,6-25,27-33,48H,3,5,26H2,1-2H3. The summed E-state index contributed by atoms with van der Waals surface area (Å²) in [5, 5.41) is 0. The van der Waals surface area contributed by atoms with Gasteiger partial charge < -0.3 is 4.90 Å². The molecule has 6 aromatic rings. The highest BCUT2D eigenvalue weighted by molar-refractivity contribution is 5.94. The van der Waals surface area contributed by atoms with Crippen LogP contribution in [0.1, 0.15) is 72.1 Å². The van der Waals surface area contributed by atoms with Gasteiger partial charge in [-0.15, -0.1) is 0 Å². The second-order valence-electron chi connectivity index (χ2n) is 15.9. The van der Waals surface area contributed by atoms with Gasteiger partial charge >= 0.3 is 0 Å². The van der Waals surface area contributed by atoms with Crippen molar-refractivity contribution in [3.63, 3.8) is 0 Å². The average Bonchev–Trinajstić information content (AvgIpc) is 3.77. The first-order chi connectivity index (χ1) is 26.0. The smallest absolute Gasteiger partial charge is 0.0541 e. The Kier molecular flexibility index (Phi) is 6.54. The highest BCUT2D eigenvalue weighted by Crippen LogP contribution is 2.66. The second-order valence-corrected chi connectivity index (χ2v) is 15.9. The lowest BCUT2D eigenvalue weighted by atomic mass is 9.65. The monoisotopic (exact) mass is 679 g/mol. The van der Waals surface area contributed by atoms with Gasteiger partial charge in [0.05, 0.1) is 5.41 Å². The fraction of sp³-hybridized carbons (Fsp3) is 0.154. The lowest BCUT2D eigenvalue weighted by molar-refractivity contribution is 0.495. The predicted molar refractivity (Wildman–Crippen MR) is 222 cm³/mol. The quantitative estimate of drug-likeness (QED) is 0.179. The maximum absolute atomic E-state index is 2.55. The Hall–Kier alpha value is -5.92. The lowest BCUT2D eigenvalue weighted by Gasteiger charge is -2.36. The predicted octanol–water partition coefficient (Wildman–Crippen LogP) is 13.5. The van der Waals surface area contributed by atoms with E-state index in [1.807, 2.05) is 0 Å². The van der Waals surface area contributed by atoms with E-state index in [0.29, 0.717) is 5.92 Å². The van der Waals surface area contributed by atoms with Crippen LogP contribution < -0.4 is 4.90 Å². The van der Waals surface area contributed by atoms with Crippen molar-refractivity contribution < 1.29 is 0 Å². The van der Waals surface area contributed by atoms with Crippen molar-refractivity contribution in [2.24, 2.45) is 5.92 Å². The van der Waals surface area contributed by atoms with Gasteiger partial charge in [0.25, 0.3) is 0 Å². The molecule has 0 aliphatic heterocycles. The number of anilines is 3. The molecule has 1 heteroatoms. The lowest BCUT2D eigenvalue weighted by Crippen LogP contribution is -2.32. The zero-order chi connectivity index (χ0) is 35.3. The van der Waals surface area contributed by atoms with E-state index in [1.165, 1.54) is 89.4 Å². The number of hydrogen-bond donors (Lipinski definition) is 0. The Bertz CT molecular complexity index is 2600. The number of hydrogen-bond acceptors (Lipinski definition) is 1. The number of fused-ring (bicyclic) bond motifs is 13. The van der Waals surface area contributed by atoms with Gasteiger partial charge in [0.15, 0.2) is 0 Å². The van der Waals surface area contributed by atoms with E-state index in [4.69, 9.17) is 0 Å². The van der Waals surface area contributed by atoms with E-state index in [9.17, 15) is 0 Å². The summed E-state index contributed by atoms with van der Waals surface area (Å²) in [4.78, 5) is 2.52. The molecule has 0 saturated carbocycles. The van der Waals surface area contributed by atoms with Gasteiger partial charge in [-0.3, -0.25) is 0 Å². The Morgan fingerprint density at radius 1 is 0.528 bits per heavy atom. The SMILES string of the molecule is CC1(C)c2ccccc2-c2ccc(N(c3cccc(C4=CCCC=C4)c3)c3ccc4c(c3)C3(c5ccccc5-c5ccccc53)C3CC=CC=C43)cc21. The topological polar surface area (TPSA) is 3.24 Å². The molecule has 5 aliphatic rings. The van der Waals surface area contributed by atoms with Crippen LogP contribution >= 0.6 is 0 Å². The van der Waals surface area contributed by atoms with Gasteiger partial charge in [0, 0.05) is 28.4 Å². The van der Waals surface area contributed by atoms with Crippen LogP contribution in [0.25, 0.3) is 33.4 Å². The van der Waals surface area contributed by atoms with E-state index in [1.54, 1.807) is 0 Å². The van der Waals surface area contributed by atoms with Gasteiger partial charge in [0.2, 0.25) is 0 Å². The number of benzene rings is 6. The van der Waals surface area contributed by atoms with E-state index in [0.717, 1.165) is 19.3 Å². The molecule has 0 fully saturated rings. The molecule has 0 amide bonds. The van der Waals surface area contributed by atoms with Gasteiger partial charge in [0.1, 0.15) is 0 Å². The largest absolute Gasteiger partial charge is 0.310 e. The molecule has 0 N–H and O–H groups in total. The number of rotatable bonds is 4. The van der Waals surface area contributed by atoms with Crippen molar-refractivity contribution in [1.29, 1.82) is 0 Å². The second kappa shape index (κ2) is 11.3. The third-order valence-corrected chi connectivity index (χ3v) is 12.9.